The van der Waals surface area contributed by atoms with Crippen molar-refractivity contribution in [1.82, 2.24) is 10.2 Å². The van der Waals surface area contributed by atoms with Gasteiger partial charge in [-0.25, -0.2) is 8.78 Å². The minimum atomic E-state index is -0.776. The van der Waals surface area contributed by atoms with E-state index >= 15 is 0 Å². The standard InChI is InChI=1S/C15H22F2N2/c1-11-6-18-7-12(2)9-19(8-11)10-13-3-4-14(16)15(17)5-13/h3-5,11-12,18H,6-10H2,1-2H3. The van der Waals surface area contributed by atoms with E-state index in [-0.39, 0.29) is 0 Å². The Bertz CT molecular complexity index is 411. The molecule has 1 saturated heterocycles. The van der Waals surface area contributed by atoms with Crippen LogP contribution in [0.15, 0.2) is 18.2 Å². The fourth-order valence-corrected chi connectivity index (χ4v) is 2.69. The normalized spacial score (nSPS) is 25.9. The highest BCUT2D eigenvalue weighted by atomic mass is 19.2. The van der Waals surface area contributed by atoms with Crippen molar-refractivity contribution >= 4 is 0 Å². The number of hydrogen-bond donors (Lipinski definition) is 1. The molecule has 0 spiro atoms. The second-order valence-electron chi connectivity index (χ2n) is 5.81. The molecule has 0 aromatic heterocycles. The Kier molecular flexibility index (Phi) is 4.88. The molecular weight excluding hydrogens is 246 g/mol. The van der Waals surface area contributed by atoms with Crippen molar-refractivity contribution in [2.45, 2.75) is 20.4 Å². The van der Waals surface area contributed by atoms with Crippen LogP contribution in [0.3, 0.4) is 0 Å². The molecule has 1 aliphatic heterocycles. The Morgan fingerprint density at radius 3 is 2.32 bits per heavy atom. The van der Waals surface area contributed by atoms with Gasteiger partial charge in [0.1, 0.15) is 0 Å². The number of nitrogens with one attached hydrogen (secondary N) is 1. The van der Waals surface area contributed by atoms with Gasteiger partial charge in [0.05, 0.1) is 0 Å². The lowest BCUT2D eigenvalue weighted by Gasteiger charge is -2.31. The fraction of sp³-hybridized carbons (Fsp3) is 0.600. The first-order chi connectivity index (χ1) is 9.04. The second kappa shape index (κ2) is 6.44. The SMILES string of the molecule is CC1CNCC(C)CN(Cc2ccc(F)c(F)c2)C1. The van der Waals surface area contributed by atoms with Gasteiger partial charge in [-0.15, -0.1) is 0 Å². The van der Waals surface area contributed by atoms with Crippen molar-refractivity contribution in [3.05, 3.63) is 35.4 Å². The molecule has 19 heavy (non-hydrogen) atoms. The maximum atomic E-state index is 13.2. The Labute approximate surface area is 113 Å². The third-order valence-corrected chi connectivity index (χ3v) is 3.52. The van der Waals surface area contributed by atoms with Crippen LogP contribution in [0.4, 0.5) is 8.78 Å². The minimum absolute atomic E-state index is 0.567. The Hall–Kier alpha value is -1.00. The second-order valence-corrected chi connectivity index (χ2v) is 5.81. The van der Waals surface area contributed by atoms with E-state index in [2.05, 4.69) is 24.1 Å². The summed E-state index contributed by atoms with van der Waals surface area (Å²) in [7, 11) is 0. The fourth-order valence-electron chi connectivity index (χ4n) is 2.69. The number of rotatable bonds is 2. The molecule has 106 valence electrons. The summed E-state index contributed by atoms with van der Waals surface area (Å²) in [5, 5.41) is 3.45. The number of nitrogens with zero attached hydrogens (tertiary/aromatic N) is 1. The molecule has 1 aromatic carbocycles. The molecular formula is C15H22F2N2. The van der Waals surface area contributed by atoms with Crippen molar-refractivity contribution < 1.29 is 8.78 Å². The van der Waals surface area contributed by atoms with Crippen LogP contribution in [0, 0.1) is 23.5 Å². The zero-order chi connectivity index (χ0) is 13.8. The van der Waals surface area contributed by atoms with Gasteiger partial charge in [-0.05, 0) is 42.6 Å². The molecule has 1 heterocycles. The predicted octanol–water partition coefficient (Wildman–Crippen LogP) is 2.64. The molecule has 2 unspecified atom stereocenters. The summed E-state index contributed by atoms with van der Waals surface area (Å²) in [6, 6.07) is 4.19. The molecule has 1 aromatic rings. The van der Waals surface area contributed by atoms with E-state index in [1.165, 1.54) is 12.1 Å². The molecule has 0 radical (unpaired) electrons. The van der Waals surface area contributed by atoms with Gasteiger partial charge in [-0.3, -0.25) is 4.90 Å². The maximum absolute atomic E-state index is 13.2. The van der Waals surface area contributed by atoms with Gasteiger partial charge in [-0.1, -0.05) is 19.9 Å². The molecule has 1 aliphatic rings. The van der Waals surface area contributed by atoms with Gasteiger partial charge >= 0.3 is 0 Å². The summed E-state index contributed by atoms with van der Waals surface area (Å²) in [5.74, 6) is -0.398. The summed E-state index contributed by atoms with van der Waals surface area (Å²) in [6.45, 7) is 9.10. The highest BCUT2D eigenvalue weighted by molar-refractivity contribution is 5.17. The summed E-state index contributed by atoms with van der Waals surface area (Å²) >= 11 is 0. The van der Waals surface area contributed by atoms with Crippen molar-refractivity contribution in [2.75, 3.05) is 26.2 Å². The van der Waals surface area contributed by atoms with Crippen LogP contribution in [-0.4, -0.2) is 31.1 Å². The van der Waals surface area contributed by atoms with Crippen LogP contribution in [0.2, 0.25) is 0 Å². The van der Waals surface area contributed by atoms with Gasteiger partial charge in [0.15, 0.2) is 11.6 Å². The Balaban J connectivity index is 2.03. The maximum Gasteiger partial charge on any atom is 0.159 e. The first kappa shape index (κ1) is 14.4. The Morgan fingerprint density at radius 1 is 1.11 bits per heavy atom. The molecule has 2 rings (SSSR count). The van der Waals surface area contributed by atoms with E-state index in [4.69, 9.17) is 0 Å². The van der Waals surface area contributed by atoms with Crippen LogP contribution >= 0.6 is 0 Å². The van der Waals surface area contributed by atoms with Crippen LogP contribution in [0.5, 0.6) is 0 Å². The lowest BCUT2D eigenvalue weighted by atomic mass is 10.0. The summed E-state index contributed by atoms with van der Waals surface area (Å²) in [5.41, 5.74) is 0.840. The van der Waals surface area contributed by atoms with E-state index in [1.54, 1.807) is 6.07 Å². The first-order valence-corrected chi connectivity index (χ1v) is 6.91. The molecule has 2 nitrogen and oxygen atoms in total. The van der Waals surface area contributed by atoms with E-state index in [0.29, 0.717) is 18.4 Å². The first-order valence-electron chi connectivity index (χ1n) is 6.91. The van der Waals surface area contributed by atoms with Gasteiger partial charge in [-0.2, -0.15) is 0 Å². The monoisotopic (exact) mass is 268 g/mol. The van der Waals surface area contributed by atoms with Crippen LogP contribution in [0.1, 0.15) is 19.4 Å². The van der Waals surface area contributed by atoms with Crippen LogP contribution in [0.25, 0.3) is 0 Å². The average Bonchev–Trinajstić information content (AvgIpc) is 2.32. The van der Waals surface area contributed by atoms with Crippen molar-refractivity contribution in [1.29, 1.82) is 0 Å². The molecule has 1 fully saturated rings. The lowest BCUT2D eigenvalue weighted by molar-refractivity contribution is 0.178. The highest BCUT2D eigenvalue weighted by Crippen LogP contribution is 2.14. The van der Waals surface area contributed by atoms with Crippen LogP contribution in [-0.2, 0) is 6.54 Å². The van der Waals surface area contributed by atoms with E-state index in [1.807, 2.05) is 0 Å². The quantitative estimate of drug-likeness (QED) is 0.887. The predicted molar refractivity (Wildman–Crippen MR) is 72.8 cm³/mol. The molecule has 0 saturated carbocycles. The zero-order valence-corrected chi connectivity index (χ0v) is 11.6. The Morgan fingerprint density at radius 2 is 1.74 bits per heavy atom. The van der Waals surface area contributed by atoms with Gasteiger partial charge < -0.3 is 5.32 Å². The van der Waals surface area contributed by atoms with Gasteiger partial charge in [0, 0.05) is 19.6 Å². The smallest absolute Gasteiger partial charge is 0.159 e. The molecule has 1 N–H and O–H groups in total. The number of hydrogen-bond acceptors (Lipinski definition) is 2. The van der Waals surface area contributed by atoms with Crippen molar-refractivity contribution in [3.63, 3.8) is 0 Å². The lowest BCUT2D eigenvalue weighted by Crippen LogP contribution is -2.42. The summed E-state index contributed by atoms with van der Waals surface area (Å²) in [4.78, 5) is 2.34. The van der Waals surface area contributed by atoms with Crippen molar-refractivity contribution in [3.8, 4) is 0 Å². The molecule has 0 bridgehead atoms. The zero-order valence-electron chi connectivity index (χ0n) is 11.6. The van der Waals surface area contributed by atoms with Crippen molar-refractivity contribution in [2.24, 2.45) is 11.8 Å². The molecule has 0 amide bonds. The molecule has 2 atom stereocenters. The van der Waals surface area contributed by atoms with Gasteiger partial charge in [0.2, 0.25) is 0 Å². The van der Waals surface area contributed by atoms with E-state index in [9.17, 15) is 8.78 Å². The molecule has 0 aliphatic carbocycles. The number of halogens is 2. The number of benzene rings is 1. The average molecular weight is 268 g/mol. The third kappa shape index (κ3) is 4.25. The highest BCUT2D eigenvalue weighted by Gasteiger charge is 2.17. The largest absolute Gasteiger partial charge is 0.316 e. The van der Waals surface area contributed by atoms with E-state index < -0.39 is 11.6 Å². The third-order valence-electron chi connectivity index (χ3n) is 3.52. The molecule has 4 heteroatoms. The summed E-state index contributed by atoms with van der Waals surface area (Å²) < 4.78 is 26.2. The topological polar surface area (TPSA) is 15.3 Å². The van der Waals surface area contributed by atoms with Crippen LogP contribution < -0.4 is 5.32 Å². The summed E-state index contributed by atoms with van der Waals surface area (Å²) in [6.07, 6.45) is 0. The minimum Gasteiger partial charge on any atom is -0.316 e. The van der Waals surface area contributed by atoms with E-state index in [0.717, 1.165) is 31.7 Å². The van der Waals surface area contributed by atoms with Gasteiger partial charge in [0.25, 0.3) is 0 Å².